The lowest BCUT2D eigenvalue weighted by atomic mass is 9.94. The van der Waals surface area contributed by atoms with Crippen molar-refractivity contribution < 1.29 is 19.1 Å². The van der Waals surface area contributed by atoms with Crippen LogP contribution in [0.25, 0.3) is 11.1 Å². The van der Waals surface area contributed by atoms with E-state index in [1.807, 2.05) is 37.3 Å². The standard InChI is InChI=1S/C30H37N5O4S/c1-18-9-11-20(15-21(18)19-10-12-24(39-8)31-17-19)32-28(38)33-22-16-23(29(2,3)4)40-25(22)26(36)35-14-13-34(7)27(37)30(35,5)6/h9-12,15-17H,13-14H2,1-8H3,(H2,32,33,38). The highest BCUT2D eigenvalue weighted by atomic mass is 32.1. The molecule has 0 unspecified atom stereocenters. The summed E-state index contributed by atoms with van der Waals surface area (Å²) in [6, 6.07) is 10.7. The largest absolute Gasteiger partial charge is 0.481 e. The molecule has 1 aliphatic rings. The third-order valence-corrected chi connectivity index (χ3v) is 8.66. The van der Waals surface area contributed by atoms with Gasteiger partial charge >= 0.3 is 6.03 Å². The van der Waals surface area contributed by atoms with Gasteiger partial charge in [-0.25, -0.2) is 9.78 Å². The second kappa shape index (κ2) is 10.9. The Kier molecular flexibility index (Phi) is 7.94. The van der Waals surface area contributed by atoms with Crippen LogP contribution in [-0.2, 0) is 10.2 Å². The lowest BCUT2D eigenvalue weighted by molar-refractivity contribution is -0.144. The molecular weight excluding hydrogens is 526 g/mol. The Morgan fingerprint density at radius 2 is 1.80 bits per heavy atom. The number of nitrogens with one attached hydrogen (secondary N) is 2. The van der Waals surface area contributed by atoms with Crippen molar-refractivity contribution in [1.29, 1.82) is 0 Å². The van der Waals surface area contributed by atoms with E-state index in [0.717, 1.165) is 21.6 Å². The molecule has 4 rings (SSSR count). The van der Waals surface area contributed by atoms with Crippen LogP contribution >= 0.6 is 11.3 Å². The third kappa shape index (κ3) is 5.82. The molecule has 4 amide bonds. The number of nitrogens with zero attached hydrogens (tertiary/aromatic N) is 3. The smallest absolute Gasteiger partial charge is 0.323 e. The summed E-state index contributed by atoms with van der Waals surface area (Å²) in [5.41, 5.74) is 2.64. The van der Waals surface area contributed by atoms with Crippen LogP contribution in [0.1, 0.15) is 54.7 Å². The molecule has 2 aromatic heterocycles. The average Bonchev–Trinajstić information content (AvgIpc) is 3.32. The number of likely N-dealkylation sites (N-methyl/N-ethyl adjacent to an activating group) is 1. The monoisotopic (exact) mass is 563 g/mol. The van der Waals surface area contributed by atoms with Crippen LogP contribution in [0.4, 0.5) is 16.2 Å². The Bertz CT molecular complexity index is 1440. The number of aromatic nitrogens is 1. The maximum Gasteiger partial charge on any atom is 0.323 e. The van der Waals surface area contributed by atoms with E-state index in [2.05, 4.69) is 36.4 Å². The molecule has 0 spiro atoms. The first-order chi connectivity index (χ1) is 18.7. The summed E-state index contributed by atoms with van der Waals surface area (Å²) in [4.78, 5) is 48.8. The van der Waals surface area contributed by atoms with E-state index >= 15 is 0 Å². The molecule has 2 N–H and O–H groups in total. The minimum atomic E-state index is -0.996. The third-order valence-electron chi connectivity index (χ3n) is 7.11. The van der Waals surface area contributed by atoms with Gasteiger partial charge in [0.1, 0.15) is 10.4 Å². The van der Waals surface area contributed by atoms with Gasteiger partial charge in [0, 0.05) is 48.5 Å². The molecule has 3 aromatic rings. The van der Waals surface area contributed by atoms with Crippen molar-refractivity contribution in [3.63, 3.8) is 0 Å². The zero-order chi connectivity index (χ0) is 29.4. The van der Waals surface area contributed by atoms with Crippen molar-refractivity contribution in [3.8, 4) is 17.0 Å². The highest BCUT2D eigenvalue weighted by molar-refractivity contribution is 7.14. The molecule has 9 nitrogen and oxygen atoms in total. The van der Waals surface area contributed by atoms with Gasteiger partial charge in [0.15, 0.2) is 0 Å². The van der Waals surface area contributed by atoms with Crippen LogP contribution in [0.15, 0.2) is 42.6 Å². The fraction of sp³-hybridized carbons (Fsp3) is 0.400. The lowest BCUT2D eigenvalue weighted by Gasteiger charge is -2.44. The zero-order valence-electron chi connectivity index (χ0n) is 24.3. The number of hydrogen-bond donors (Lipinski definition) is 2. The van der Waals surface area contributed by atoms with Gasteiger partial charge in [-0.1, -0.05) is 26.8 Å². The number of ether oxygens (including phenoxy) is 1. The van der Waals surface area contributed by atoms with Crippen LogP contribution < -0.4 is 15.4 Å². The normalized spacial score (nSPS) is 15.2. The SMILES string of the molecule is COc1ccc(-c2cc(NC(=O)Nc3cc(C(C)(C)C)sc3C(=O)N3CCN(C)C(=O)C3(C)C)ccc2C)cn1. The summed E-state index contributed by atoms with van der Waals surface area (Å²) in [5, 5.41) is 5.79. The van der Waals surface area contributed by atoms with E-state index in [9.17, 15) is 14.4 Å². The Labute approximate surface area is 239 Å². The van der Waals surface area contributed by atoms with Crippen molar-refractivity contribution in [2.24, 2.45) is 0 Å². The Balaban J connectivity index is 1.60. The number of thiophene rings is 1. The Morgan fingerprint density at radius 3 is 2.42 bits per heavy atom. The van der Waals surface area contributed by atoms with Gasteiger partial charge in [-0.2, -0.15) is 0 Å². The fourth-order valence-corrected chi connectivity index (χ4v) is 5.78. The van der Waals surface area contributed by atoms with Gasteiger partial charge in [0.25, 0.3) is 5.91 Å². The predicted molar refractivity (Wildman–Crippen MR) is 159 cm³/mol. The summed E-state index contributed by atoms with van der Waals surface area (Å²) >= 11 is 1.35. The van der Waals surface area contributed by atoms with E-state index < -0.39 is 11.6 Å². The number of benzene rings is 1. The van der Waals surface area contributed by atoms with E-state index in [1.54, 1.807) is 50.1 Å². The minimum absolute atomic E-state index is 0.116. The number of aryl methyl sites for hydroxylation is 1. The number of urea groups is 1. The predicted octanol–water partition coefficient (Wildman–Crippen LogP) is 5.76. The molecule has 0 radical (unpaired) electrons. The molecule has 0 saturated carbocycles. The first-order valence-corrected chi connectivity index (χ1v) is 13.9. The van der Waals surface area contributed by atoms with Crippen molar-refractivity contribution in [2.45, 2.75) is 52.5 Å². The van der Waals surface area contributed by atoms with Gasteiger partial charge in [0.2, 0.25) is 11.8 Å². The van der Waals surface area contributed by atoms with Crippen LogP contribution in [0.3, 0.4) is 0 Å². The molecule has 1 aromatic carbocycles. The first-order valence-electron chi connectivity index (χ1n) is 13.1. The van der Waals surface area contributed by atoms with Crippen molar-refractivity contribution in [2.75, 3.05) is 37.9 Å². The number of rotatable bonds is 5. The molecule has 3 heterocycles. The molecule has 10 heteroatoms. The van der Waals surface area contributed by atoms with Crippen LogP contribution in [0.2, 0.25) is 0 Å². The summed E-state index contributed by atoms with van der Waals surface area (Å²) in [6.45, 7) is 12.5. The van der Waals surface area contributed by atoms with E-state index in [-0.39, 0.29) is 17.2 Å². The van der Waals surface area contributed by atoms with Crippen LogP contribution in [0, 0.1) is 6.92 Å². The highest BCUT2D eigenvalue weighted by Crippen LogP contribution is 2.38. The molecule has 0 bridgehead atoms. The fourth-order valence-electron chi connectivity index (χ4n) is 4.66. The first kappa shape index (κ1) is 29.1. The summed E-state index contributed by atoms with van der Waals surface area (Å²) in [5.74, 6) is 0.135. The van der Waals surface area contributed by atoms with Crippen molar-refractivity contribution in [1.82, 2.24) is 14.8 Å². The van der Waals surface area contributed by atoms with Gasteiger partial charge in [-0.05, 0) is 61.6 Å². The Morgan fingerprint density at radius 1 is 1.07 bits per heavy atom. The highest BCUT2D eigenvalue weighted by Gasteiger charge is 2.44. The van der Waals surface area contributed by atoms with E-state index in [4.69, 9.17) is 4.74 Å². The van der Waals surface area contributed by atoms with Gasteiger partial charge in [-0.15, -0.1) is 11.3 Å². The molecule has 1 saturated heterocycles. The van der Waals surface area contributed by atoms with Crippen LogP contribution in [-0.4, -0.2) is 65.4 Å². The number of carbonyl (C=O) groups is 3. The zero-order valence-corrected chi connectivity index (χ0v) is 25.2. The van der Waals surface area contributed by atoms with Gasteiger partial charge < -0.3 is 25.2 Å². The lowest BCUT2D eigenvalue weighted by Crippen LogP contribution is -2.63. The number of piperazine rings is 1. The molecule has 212 valence electrons. The molecule has 1 aliphatic heterocycles. The molecule has 40 heavy (non-hydrogen) atoms. The Hall–Kier alpha value is -3.92. The van der Waals surface area contributed by atoms with Crippen molar-refractivity contribution >= 4 is 40.6 Å². The number of carbonyl (C=O) groups excluding carboxylic acids is 3. The second-order valence-corrected chi connectivity index (χ2v) is 12.6. The number of methoxy groups -OCH3 is 1. The molecule has 0 atom stereocenters. The topological polar surface area (TPSA) is 104 Å². The van der Waals surface area contributed by atoms with Crippen LogP contribution in [0.5, 0.6) is 5.88 Å². The maximum atomic E-state index is 13.8. The summed E-state index contributed by atoms with van der Waals surface area (Å²) < 4.78 is 5.16. The van der Waals surface area contributed by atoms with E-state index in [1.165, 1.54) is 11.3 Å². The number of amides is 4. The average molecular weight is 564 g/mol. The summed E-state index contributed by atoms with van der Waals surface area (Å²) in [6.07, 6.45) is 1.73. The molecular formula is C30H37N5O4S. The molecule has 0 aliphatic carbocycles. The number of pyridine rings is 1. The van der Waals surface area contributed by atoms with Gasteiger partial charge in [-0.3, -0.25) is 9.59 Å². The van der Waals surface area contributed by atoms with E-state index in [0.29, 0.717) is 35.2 Å². The number of hydrogen-bond acceptors (Lipinski definition) is 6. The quantitative estimate of drug-likeness (QED) is 0.411. The minimum Gasteiger partial charge on any atom is -0.481 e. The number of anilines is 2. The second-order valence-electron chi connectivity index (χ2n) is 11.5. The molecule has 1 fully saturated rings. The van der Waals surface area contributed by atoms with Gasteiger partial charge in [0.05, 0.1) is 12.8 Å². The summed E-state index contributed by atoms with van der Waals surface area (Å²) in [7, 11) is 3.31. The van der Waals surface area contributed by atoms with Crippen molar-refractivity contribution in [3.05, 3.63) is 57.9 Å². The maximum absolute atomic E-state index is 13.8.